The Balaban J connectivity index is 2.22. The second kappa shape index (κ2) is 7.38. The van der Waals surface area contributed by atoms with Crippen LogP contribution in [0, 0.1) is 28.4 Å². The lowest BCUT2D eigenvalue weighted by Crippen LogP contribution is -2.27. The molecule has 0 saturated carbocycles. The number of rotatable bonds is 4. The topological polar surface area (TPSA) is 133 Å². The van der Waals surface area contributed by atoms with Gasteiger partial charge in [0.15, 0.2) is 5.65 Å². The van der Waals surface area contributed by atoms with E-state index in [2.05, 4.69) is 4.98 Å². The fraction of sp³-hybridized carbons (Fsp3) is 0.143. The van der Waals surface area contributed by atoms with Crippen LogP contribution in [0.5, 0.6) is 5.75 Å². The van der Waals surface area contributed by atoms with Gasteiger partial charge in [-0.1, -0.05) is 6.07 Å². The Kier molecular flexibility index (Phi) is 4.71. The predicted molar refractivity (Wildman–Crippen MR) is 112 cm³/mol. The fourth-order valence-corrected chi connectivity index (χ4v) is 3.42. The first-order chi connectivity index (χ1) is 14.9. The van der Waals surface area contributed by atoms with Gasteiger partial charge in [-0.15, -0.1) is 0 Å². The summed E-state index contributed by atoms with van der Waals surface area (Å²) < 4.78 is 7.58. The van der Waals surface area contributed by atoms with Gasteiger partial charge in [-0.25, -0.2) is 4.98 Å². The predicted octanol–water partition coefficient (Wildman–Crippen LogP) is 2.49. The van der Waals surface area contributed by atoms with Gasteiger partial charge in [-0.2, -0.15) is 5.26 Å². The highest BCUT2D eigenvalue weighted by Crippen LogP contribution is 2.29. The first-order valence-electron chi connectivity index (χ1n) is 9.26. The molecule has 0 bridgehead atoms. The van der Waals surface area contributed by atoms with E-state index in [-0.39, 0.29) is 28.0 Å². The van der Waals surface area contributed by atoms with Crippen molar-refractivity contribution >= 4 is 22.4 Å². The Morgan fingerprint density at radius 2 is 1.97 bits per heavy atom. The van der Waals surface area contributed by atoms with Crippen LogP contribution in [0.25, 0.3) is 22.4 Å². The molecule has 0 aliphatic carbocycles. The minimum atomic E-state index is -0.813. The maximum absolute atomic E-state index is 13.1. The highest BCUT2D eigenvalue weighted by Gasteiger charge is 2.23. The zero-order valence-electron chi connectivity index (χ0n) is 16.5. The van der Waals surface area contributed by atoms with Gasteiger partial charge in [0.05, 0.1) is 23.0 Å². The largest absolute Gasteiger partial charge is 0.494 e. The molecule has 0 atom stereocenters. The third-order valence-corrected chi connectivity index (χ3v) is 4.81. The first-order valence-corrected chi connectivity index (χ1v) is 9.26. The highest BCUT2D eigenvalue weighted by atomic mass is 16.6. The number of hydrogen-bond acceptors (Lipinski definition) is 7. The summed E-state index contributed by atoms with van der Waals surface area (Å²) in [5.41, 5.74) is -1.29. The van der Waals surface area contributed by atoms with E-state index >= 15 is 0 Å². The number of nitrogens with zero attached hydrogens (tertiary/aromatic N) is 5. The van der Waals surface area contributed by atoms with Gasteiger partial charge in [-0.3, -0.25) is 28.7 Å². The Bertz CT molecular complexity index is 1540. The molecule has 31 heavy (non-hydrogen) atoms. The van der Waals surface area contributed by atoms with E-state index in [0.717, 1.165) is 4.57 Å². The first kappa shape index (κ1) is 19.8. The monoisotopic (exact) mass is 417 g/mol. The van der Waals surface area contributed by atoms with Gasteiger partial charge in [-0.05, 0) is 43.7 Å². The van der Waals surface area contributed by atoms with Crippen molar-refractivity contribution in [3.05, 3.63) is 84.5 Å². The standard InChI is InChI=1S/C21H15N5O5/c1-3-31-14-6-7-16(17(10-14)26(29)30)25-19-15(9-13(11-22)20(25)27)21(28)24-8-4-5-12(2)18(24)23-19/h4-10H,3H2,1-2H3. The van der Waals surface area contributed by atoms with Crippen molar-refractivity contribution in [3.8, 4) is 17.5 Å². The van der Waals surface area contributed by atoms with E-state index in [0.29, 0.717) is 17.8 Å². The van der Waals surface area contributed by atoms with Gasteiger partial charge in [0.25, 0.3) is 16.8 Å². The number of nitriles is 1. The quantitative estimate of drug-likeness (QED) is 0.283. The van der Waals surface area contributed by atoms with Crippen LogP contribution < -0.4 is 15.9 Å². The summed E-state index contributed by atoms with van der Waals surface area (Å²) in [5, 5.41) is 21.2. The summed E-state index contributed by atoms with van der Waals surface area (Å²) in [4.78, 5) is 41.8. The smallest absolute Gasteiger partial charge is 0.297 e. The molecule has 4 rings (SSSR count). The molecule has 0 aliphatic rings. The number of nitro groups is 1. The second-order valence-corrected chi connectivity index (χ2v) is 6.69. The lowest BCUT2D eigenvalue weighted by molar-refractivity contribution is -0.384. The van der Waals surface area contributed by atoms with Crippen molar-refractivity contribution < 1.29 is 9.66 Å². The summed E-state index contributed by atoms with van der Waals surface area (Å²) in [6, 6.07) is 10.4. The number of hydrogen-bond donors (Lipinski definition) is 0. The minimum absolute atomic E-state index is 0.0116. The average Bonchev–Trinajstić information content (AvgIpc) is 2.75. The normalized spacial score (nSPS) is 10.9. The van der Waals surface area contributed by atoms with Gasteiger partial charge in [0.2, 0.25) is 0 Å². The second-order valence-electron chi connectivity index (χ2n) is 6.69. The molecule has 0 amide bonds. The van der Waals surface area contributed by atoms with E-state index in [1.54, 1.807) is 32.0 Å². The van der Waals surface area contributed by atoms with Crippen molar-refractivity contribution in [1.29, 1.82) is 5.26 Å². The van der Waals surface area contributed by atoms with Crippen LogP contribution in [0.3, 0.4) is 0 Å². The number of nitro benzene ring substituents is 1. The van der Waals surface area contributed by atoms with Crippen LogP contribution >= 0.6 is 0 Å². The van der Waals surface area contributed by atoms with Crippen LogP contribution in [0.4, 0.5) is 5.69 Å². The molecule has 4 aromatic rings. The molecule has 0 saturated heterocycles. The molecule has 0 spiro atoms. The fourth-order valence-electron chi connectivity index (χ4n) is 3.42. The van der Waals surface area contributed by atoms with E-state index in [4.69, 9.17) is 4.74 Å². The molecule has 0 N–H and O–H groups in total. The molecule has 10 heteroatoms. The molecular formula is C21H15N5O5. The summed E-state index contributed by atoms with van der Waals surface area (Å²) in [6.45, 7) is 3.78. The zero-order valence-corrected chi connectivity index (χ0v) is 16.5. The molecule has 1 aromatic carbocycles. The Labute approximate surface area is 174 Å². The van der Waals surface area contributed by atoms with Gasteiger partial charge in [0.1, 0.15) is 28.7 Å². The van der Waals surface area contributed by atoms with E-state index in [9.17, 15) is 25.0 Å². The number of aryl methyl sites for hydroxylation is 1. The van der Waals surface area contributed by atoms with Gasteiger partial charge in [0, 0.05) is 6.20 Å². The Hall–Kier alpha value is -4.52. The molecule has 0 aliphatic heterocycles. The number of ether oxygens (including phenoxy) is 1. The third-order valence-electron chi connectivity index (χ3n) is 4.81. The average molecular weight is 417 g/mol. The zero-order chi connectivity index (χ0) is 22.3. The van der Waals surface area contributed by atoms with Crippen LogP contribution in [0.15, 0.2) is 52.2 Å². The molecule has 10 nitrogen and oxygen atoms in total. The molecular weight excluding hydrogens is 402 g/mol. The number of fused-ring (bicyclic) bond motifs is 2. The number of benzene rings is 1. The molecule has 0 unspecified atom stereocenters. The SMILES string of the molecule is CCOc1ccc(-n2c(=O)c(C#N)cc3c(=O)n4cccc(C)c4nc32)c([N+](=O)[O-])c1. The maximum Gasteiger partial charge on any atom is 0.297 e. The van der Waals surface area contributed by atoms with Crippen molar-refractivity contribution in [2.45, 2.75) is 13.8 Å². The minimum Gasteiger partial charge on any atom is -0.494 e. The van der Waals surface area contributed by atoms with E-state index in [1.807, 2.05) is 0 Å². The van der Waals surface area contributed by atoms with Gasteiger partial charge >= 0.3 is 0 Å². The van der Waals surface area contributed by atoms with E-state index < -0.39 is 21.7 Å². The summed E-state index contributed by atoms with van der Waals surface area (Å²) in [5.74, 6) is 0.251. The summed E-state index contributed by atoms with van der Waals surface area (Å²) in [7, 11) is 0. The Morgan fingerprint density at radius 3 is 2.65 bits per heavy atom. The number of aromatic nitrogens is 3. The van der Waals surface area contributed by atoms with Crippen LogP contribution in [0.2, 0.25) is 0 Å². The molecule has 3 aromatic heterocycles. The molecule has 0 radical (unpaired) electrons. The van der Waals surface area contributed by atoms with E-state index in [1.165, 1.54) is 34.9 Å². The number of pyridine rings is 2. The lowest BCUT2D eigenvalue weighted by Gasteiger charge is -2.13. The van der Waals surface area contributed by atoms with Crippen LogP contribution in [-0.2, 0) is 0 Å². The third kappa shape index (κ3) is 3.08. The molecule has 0 fully saturated rings. The highest BCUT2D eigenvalue weighted by molar-refractivity contribution is 5.81. The summed E-state index contributed by atoms with van der Waals surface area (Å²) >= 11 is 0. The molecule has 154 valence electrons. The summed E-state index contributed by atoms with van der Waals surface area (Å²) in [6.07, 6.45) is 1.53. The van der Waals surface area contributed by atoms with Crippen molar-refractivity contribution in [2.75, 3.05) is 6.61 Å². The van der Waals surface area contributed by atoms with Gasteiger partial charge < -0.3 is 4.74 Å². The van der Waals surface area contributed by atoms with Crippen molar-refractivity contribution in [3.63, 3.8) is 0 Å². The molecule has 3 heterocycles. The Morgan fingerprint density at radius 1 is 1.19 bits per heavy atom. The van der Waals surface area contributed by atoms with Crippen molar-refractivity contribution in [2.24, 2.45) is 0 Å². The maximum atomic E-state index is 13.1. The van der Waals surface area contributed by atoms with Crippen LogP contribution in [-0.4, -0.2) is 25.5 Å². The van der Waals surface area contributed by atoms with Crippen LogP contribution in [0.1, 0.15) is 18.1 Å². The lowest BCUT2D eigenvalue weighted by atomic mass is 10.2. The van der Waals surface area contributed by atoms with Crippen molar-refractivity contribution in [1.82, 2.24) is 14.0 Å².